The van der Waals surface area contributed by atoms with E-state index in [0.29, 0.717) is 0 Å². The Bertz CT molecular complexity index is 453. The van der Waals surface area contributed by atoms with Crippen LogP contribution in [0.2, 0.25) is 0 Å². The third-order valence-corrected chi connectivity index (χ3v) is 4.21. The maximum atomic E-state index is 11.9. The lowest BCUT2D eigenvalue weighted by Crippen LogP contribution is -2.41. The monoisotopic (exact) mass is 346 g/mol. The van der Waals surface area contributed by atoms with Gasteiger partial charge in [-0.1, -0.05) is 41.4 Å². The van der Waals surface area contributed by atoms with Gasteiger partial charge in [0.25, 0.3) is 0 Å². The van der Waals surface area contributed by atoms with Crippen molar-refractivity contribution in [2.75, 3.05) is 0 Å². The highest BCUT2D eigenvalue weighted by Crippen LogP contribution is 2.35. The number of rotatable bonds is 4. The number of hydrogen-bond donors (Lipinski definition) is 2. The minimum Gasteiger partial charge on any atom is -0.348 e. The van der Waals surface area contributed by atoms with E-state index in [1.54, 1.807) is 0 Å². The molecule has 0 bridgehead atoms. The second-order valence-electron chi connectivity index (χ2n) is 4.80. The average molecular weight is 348 g/mol. The fourth-order valence-electron chi connectivity index (χ4n) is 2.48. The lowest BCUT2D eigenvalue weighted by molar-refractivity contribution is -0.123. The van der Waals surface area contributed by atoms with Crippen LogP contribution in [0.15, 0.2) is 22.7 Å². The van der Waals surface area contributed by atoms with Gasteiger partial charge in [-0.15, -0.1) is 12.4 Å². The van der Waals surface area contributed by atoms with Crippen LogP contribution in [0.25, 0.3) is 0 Å². The molecule has 3 nitrogen and oxygen atoms in total. The molecule has 1 aromatic carbocycles. The third kappa shape index (κ3) is 3.71. The summed E-state index contributed by atoms with van der Waals surface area (Å²) in [4.78, 5) is 11.9. The molecule has 2 atom stereocenters. The van der Waals surface area contributed by atoms with Crippen molar-refractivity contribution in [1.82, 2.24) is 5.32 Å². The summed E-state index contributed by atoms with van der Waals surface area (Å²) in [6.45, 7) is 2.04. The molecule has 0 spiro atoms. The maximum absolute atomic E-state index is 11.9. The Hall–Kier alpha value is -0.580. The topological polar surface area (TPSA) is 55.1 Å². The van der Waals surface area contributed by atoms with Crippen molar-refractivity contribution in [1.29, 1.82) is 0 Å². The molecule has 0 aliphatic heterocycles. The largest absolute Gasteiger partial charge is 0.348 e. The van der Waals surface area contributed by atoms with Crippen LogP contribution in [-0.2, 0) is 11.2 Å². The Morgan fingerprint density at radius 1 is 1.58 bits per heavy atom. The summed E-state index contributed by atoms with van der Waals surface area (Å²) in [5.41, 5.74) is 8.37. The van der Waals surface area contributed by atoms with E-state index in [0.717, 1.165) is 30.2 Å². The maximum Gasteiger partial charge on any atom is 0.237 e. The molecular weight excluding hydrogens is 328 g/mol. The standard InChI is InChI=1S/C14H19BrN2O.ClH/c1-2-4-12(16)14(18)17-13-8-7-9-10(13)5-3-6-11(9)15;/h3,5-6,12-13H,2,4,7-8,16H2,1H3,(H,17,18);1H. The molecule has 2 unspecified atom stereocenters. The van der Waals surface area contributed by atoms with Crippen molar-refractivity contribution in [3.63, 3.8) is 0 Å². The first kappa shape index (κ1) is 16.5. The van der Waals surface area contributed by atoms with Crippen LogP contribution in [-0.4, -0.2) is 11.9 Å². The van der Waals surface area contributed by atoms with Gasteiger partial charge in [-0.2, -0.15) is 0 Å². The van der Waals surface area contributed by atoms with Gasteiger partial charge in [-0.3, -0.25) is 4.79 Å². The van der Waals surface area contributed by atoms with Crippen molar-refractivity contribution >= 4 is 34.2 Å². The van der Waals surface area contributed by atoms with E-state index in [1.807, 2.05) is 19.1 Å². The predicted octanol–water partition coefficient (Wildman–Crippen LogP) is 3.10. The molecule has 1 aromatic rings. The molecule has 0 aromatic heterocycles. The highest BCUT2D eigenvalue weighted by molar-refractivity contribution is 9.10. The van der Waals surface area contributed by atoms with E-state index in [1.165, 1.54) is 11.1 Å². The molecule has 5 heteroatoms. The van der Waals surface area contributed by atoms with Gasteiger partial charge < -0.3 is 11.1 Å². The molecule has 1 amide bonds. The van der Waals surface area contributed by atoms with Gasteiger partial charge in [0.2, 0.25) is 5.91 Å². The van der Waals surface area contributed by atoms with Crippen molar-refractivity contribution in [3.05, 3.63) is 33.8 Å². The van der Waals surface area contributed by atoms with Gasteiger partial charge in [0, 0.05) is 4.47 Å². The van der Waals surface area contributed by atoms with Gasteiger partial charge in [0.15, 0.2) is 0 Å². The van der Waals surface area contributed by atoms with E-state index in [9.17, 15) is 4.79 Å². The van der Waals surface area contributed by atoms with Crippen LogP contribution in [0.4, 0.5) is 0 Å². The zero-order valence-corrected chi connectivity index (χ0v) is 13.4. The third-order valence-electron chi connectivity index (χ3n) is 3.47. The van der Waals surface area contributed by atoms with E-state index in [4.69, 9.17) is 5.73 Å². The first-order valence-corrected chi connectivity index (χ1v) is 7.26. The number of carbonyl (C=O) groups excluding carboxylic acids is 1. The lowest BCUT2D eigenvalue weighted by Gasteiger charge is -2.17. The minimum absolute atomic E-state index is 0. The van der Waals surface area contributed by atoms with Crippen LogP contribution < -0.4 is 11.1 Å². The molecule has 19 heavy (non-hydrogen) atoms. The number of amides is 1. The van der Waals surface area contributed by atoms with Gasteiger partial charge in [0.1, 0.15) is 0 Å². The van der Waals surface area contributed by atoms with E-state index in [2.05, 4.69) is 27.3 Å². The molecule has 1 aliphatic rings. The smallest absolute Gasteiger partial charge is 0.237 e. The first-order valence-electron chi connectivity index (χ1n) is 6.46. The molecule has 0 heterocycles. The second-order valence-corrected chi connectivity index (χ2v) is 5.66. The van der Waals surface area contributed by atoms with E-state index in [-0.39, 0.29) is 30.4 Å². The summed E-state index contributed by atoms with van der Waals surface area (Å²) in [7, 11) is 0. The summed E-state index contributed by atoms with van der Waals surface area (Å²) in [6, 6.07) is 5.88. The molecule has 1 aliphatic carbocycles. The summed E-state index contributed by atoms with van der Waals surface area (Å²) >= 11 is 3.56. The van der Waals surface area contributed by atoms with Gasteiger partial charge in [-0.05, 0) is 36.5 Å². The van der Waals surface area contributed by atoms with Crippen LogP contribution in [0.5, 0.6) is 0 Å². The number of hydrogen-bond acceptors (Lipinski definition) is 2. The summed E-state index contributed by atoms with van der Waals surface area (Å²) in [6.07, 6.45) is 3.64. The zero-order chi connectivity index (χ0) is 13.1. The zero-order valence-electron chi connectivity index (χ0n) is 11.0. The molecule has 0 saturated carbocycles. The van der Waals surface area contributed by atoms with Crippen molar-refractivity contribution in [3.8, 4) is 0 Å². The molecule has 106 valence electrons. The van der Waals surface area contributed by atoms with Gasteiger partial charge >= 0.3 is 0 Å². The fourth-order valence-corrected chi connectivity index (χ4v) is 3.06. The Morgan fingerprint density at radius 3 is 3.00 bits per heavy atom. The second kappa shape index (κ2) is 7.27. The number of carbonyl (C=O) groups is 1. The number of benzene rings is 1. The number of halogens is 2. The highest BCUT2D eigenvalue weighted by Gasteiger charge is 2.26. The van der Waals surface area contributed by atoms with Crippen molar-refractivity contribution in [2.45, 2.75) is 44.7 Å². The van der Waals surface area contributed by atoms with Gasteiger partial charge in [-0.25, -0.2) is 0 Å². The molecule has 3 N–H and O–H groups in total. The lowest BCUT2D eigenvalue weighted by atomic mass is 10.1. The van der Waals surface area contributed by atoms with Crippen LogP contribution in [0, 0.1) is 0 Å². The number of nitrogens with one attached hydrogen (secondary N) is 1. The van der Waals surface area contributed by atoms with E-state index >= 15 is 0 Å². The normalized spacial score (nSPS) is 18.4. The minimum atomic E-state index is -0.383. The van der Waals surface area contributed by atoms with Crippen LogP contribution in [0.1, 0.15) is 43.4 Å². The fraction of sp³-hybridized carbons (Fsp3) is 0.500. The Morgan fingerprint density at radius 2 is 2.32 bits per heavy atom. The SMILES string of the molecule is CCCC(N)C(=O)NC1CCc2c(Br)cccc21.Cl. The van der Waals surface area contributed by atoms with Crippen molar-refractivity contribution in [2.24, 2.45) is 5.73 Å². The Balaban J connectivity index is 0.00000180. The number of fused-ring (bicyclic) bond motifs is 1. The van der Waals surface area contributed by atoms with Crippen molar-refractivity contribution < 1.29 is 4.79 Å². The summed E-state index contributed by atoms with van der Waals surface area (Å²) in [5.74, 6) is -0.0327. The average Bonchev–Trinajstić information content (AvgIpc) is 2.74. The quantitative estimate of drug-likeness (QED) is 0.879. The highest BCUT2D eigenvalue weighted by atomic mass is 79.9. The van der Waals surface area contributed by atoms with E-state index < -0.39 is 0 Å². The Labute approximate surface area is 128 Å². The first-order chi connectivity index (χ1) is 8.63. The molecule has 0 saturated heterocycles. The van der Waals surface area contributed by atoms with Crippen LogP contribution in [0.3, 0.4) is 0 Å². The molecular formula is C14H20BrClN2O. The molecule has 0 fully saturated rings. The molecule has 2 rings (SSSR count). The molecule has 0 radical (unpaired) electrons. The summed E-state index contributed by atoms with van der Waals surface area (Å²) < 4.78 is 1.13. The van der Waals surface area contributed by atoms with Crippen LogP contribution >= 0.6 is 28.3 Å². The Kier molecular flexibility index (Phi) is 6.30. The predicted molar refractivity (Wildman–Crippen MR) is 83.5 cm³/mol. The number of nitrogens with two attached hydrogens (primary N) is 1. The van der Waals surface area contributed by atoms with Gasteiger partial charge in [0.05, 0.1) is 12.1 Å². The summed E-state index contributed by atoms with van der Waals surface area (Å²) in [5, 5.41) is 3.06.